The maximum absolute atomic E-state index is 12.5. The first kappa shape index (κ1) is 14.9. The van der Waals surface area contributed by atoms with Gasteiger partial charge in [-0.15, -0.1) is 0 Å². The summed E-state index contributed by atoms with van der Waals surface area (Å²) in [6.07, 6.45) is 8.13. The maximum Gasteiger partial charge on any atom is 0.167 e. The lowest BCUT2D eigenvalue weighted by Crippen LogP contribution is -2.10. The number of hydrogen-bond acceptors (Lipinski definition) is 3. The third-order valence-corrected chi connectivity index (χ3v) is 4.16. The van der Waals surface area contributed by atoms with Crippen LogP contribution in [0.3, 0.4) is 0 Å². The number of Topliss-reactive ketones (excluding diaryl/α,β-unsaturated/α-hetero) is 1. The first-order valence-corrected chi connectivity index (χ1v) is 7.50. The van der Waals surface area contributed by atoms with Crippen LogP contribution in [0.2, 0.25) is 0 Å². The normalized spacial score (nSPS) is 16.5. The maximum atomic E-state index is 12.5. The Bertz CT molecular complexity index is 446. The van der Waals surface area contributed by atoms with Crippen molar-refractivity contribution >= 4 is 5.78 Å². The first-order chi connectivity index (χ1) is 9.74. The minimum Gasteiger partial charge on any atom is -0.497 e. The van der Waals surface area contributed by atoms with Gasteiger partial charge in [-0.1, -0.05) is 38.5 Å². The molecular formula is C17H24O3. The van der Waals surface area contributed by atoms with Crippen molar-refractivity contribution in [3.05, 3.63) is 23.8 Å². The lowest BCUT2D eigenvalue weighted by molar-refractivity contribution is 0.0953. The van der Waals surface area contributed by atoms with Gasteiger partial charge in [0, 0.05) is 6.42 Å². The van der Waals surface area contributed by atoms with Gasteiger partial charge in [0.25, 0.3) is 0 Å². The van der Waals surface area contributed by atoms with E-state index in [-0.39, 0.29) is 5.78 Å². The molecule has 0 N–H and O–H groups in total. The number of ketones is 1. The fraction of sp³-hybridized carbons (Fsp3) is 0.588. The first-order valence-electron chi connectivity index (χ1n) is 7.50. The molecule has 3 heteroatoms. The van der Waals surface area contributed by atoms with Crippen LogP contribution in [-0.4, -0.2) is 20.0 Å². The van der Waals surface area contributed by atoms with Crippen molar-refractivity contribution in [3.8, 4) is 11.5 Å². The molecule has 0 saturated heterocycles. The van der Waals surface area contributed by atoms with E-state index in [0.29, 0.717) is 29.4 Å². The second kappa shape index (κ2) is 7.32. The van der Waals surface area contributed by atoms with Crippen LogP contribution in [0.1, 0.15) is 55.3 Å². The summed E-state index contributed by atoms with van der Waals surface area (Å²) in [5.41, 5.74) is 0.649. The largest absolute Gasteiger partial charge is 0.497 e. The van der Waals surface area contributed by atoms with Crippen molar-refractivity contribution in [1.29, 1.82) is 0 Å². The molecule has 0 bridgehead atoms. The van der Waals surface area contributed by atoms with Crippen molar-refractivity contribution in [2.45, 2.75) is 44.9 Å². The number of ether oxygens (including phenoxy) is 2. The van der Waals surface area contributed by atoms with Crippen LogP contribution in [0, 0.1) is 5.92 Å². The number of benzene rings is 1. The van der Waals surface area contributed by atoms with Crippen molar-refractivity contribution in [2.75, 3.05) is 14.2 Å². The molecule has 0 unspecified atom stereocenters. The Labute approximate surface area is 121 Å². The number of hydrogen-bond donors (Lipinski definition) is 0. The third-order valence-electron chi connectivity index (χ3n) is 4.16. The number of carbonyl (C=O) groups is 1. The zero-order chi connectivity index (χ0) is 14.4. The summed E-state index contributed by atoms with van der Waals surface area (Å²) in [5, 5.41) is 0. The Morgan fingerprint density at radius 1 is 1.10 bits per heavy atom. The fourth-order valence-corrected chi connectivity index (χ4v) is 2.97. The van der Waals surface area contributed by atoms with Gasteiger partial charge in [-0.05, 0) is 24.1 Å². The standard InChI is InChI=1S/C17H24O3/c1-19-14-9-10-17(20-2)15(12-14)16(18)11-13-7-5-3-4-6-8-13/h9-10,12-13H,3-8,11H2,1-2H3. The molecule has 0 spiro atoms. The summed E-state index contributed by atoms with van der Waals surface area (Å²) in [6.45, 7) is 0. The number of rotatable bonds is 5. The van der Waals surface area contributed by atoms with Crippen LogP contribution in [0.5, 0.6) is 11.5 Å². The van der Waals surface area contributed by atoms with Gasteiger partial charge in [-0.3, -0.25) is 4.79 Å². The Hall–Kier alpha value is -1.51. The van der Waals surface area contributed by atoms with E-state index in [2.05, 4.69) is 0 Å². The molecule has 1 saturated carbocycles. The summed E-state index contributed by atoms with van der Waals surface area (Å²) < 4.78 is 10.5. The quantitative estimate of drug-likeness (QED) is 0.596. The van der Waals surface area contributed by atoms with Crippen molar-refractivity contribution < 1.29 is 14.3 Å². The van der Waals surface area contributed by atoms with E-state index in [9.17, 15) is 4.79 Å². The molecule has 1 aliphatic carbocycles. The monoisotopic (exact) mass is 276 g/mol. The van der Waals surface area contributed by atoms with Crippen LogP contribution < -0.4 is 9.47 Å². The van der Waals surface area contributed by atoms with Gasteiger partial charge in [0.1, 0.15) is 11.5 Å². The molecule has 0 heterocycles. The second-order valence-electron chi connectivity index (χ2n) is 5.55. The highest BCUT2D eigenvalue weighted by Gasteiger charge is 2.20. The van der Waals surface area contributed by atoms with Gasteiger partial charge in [0.2, 0.25) is 0 Å². The lowest BCUT2D eigenvalue weighted by atomic mass is 9.91. The van der Waals surface area contributed by atoms with Crippen LogP contribution in [0.25, 0.3) is 0 Å². The van der Waals surface area contributed by atoms with Crippen LogP contribution in [0.4, 0.5) is 0 Å². The van der Waals surface area contributed by atoms with Crippen molar-refractivity contribution in [2.24, 2.45) is 5.92 Å². The molecule has 1 fully saturated rings. The zero-order valence-corrected chi connectivity index (χ0v) is 12.5. The predicted octanol–water partition coefficient (Wildman–Crippen LogP) is 4.25. The molecular weight excluding hydrogens is 252 g/mol. The van der Waals surface area contributed by atoms with Crippen molar-refractivity contribution in [3.63, 3.8) is 0 Å². The number of carbonyl (C=O) groups excluding carboxylic acids is 1. The summed E-state index contributed by atoms with van der Waals surface area (Å²) in [7, 11) is 3.21. The molecule has 1 aromatic carbocycles. The van der Waals surface area contributed by atoms with E-state index >= 15 is 0 Å². The van der Waals surface area contributed by atoms with Crippen LogP contribution in [0.15, 0.2) is 18.2 Å². The van der Waals surface area contributed by atoms with E-state index in [1.165, 1.54) is 38.5 Å². The van der Waals surface area contributed by atoms with Gasteiger partial charge in [0.05, 0.1) is 19.8 Å². The molecule has 20 heavy (non-hydrogen) atoms. The highest BCUT2D eigenvalue weighted by Crippen LogP contribution is 2.30. The fourth-order valence-electron chi connectivity index (χ4n) is 2.97. The summed E-state index contributed by atoms with van der Waals surface area (Å²) in [6, 6.07) is 5.41. The average Bonchev–Trinajstić information content (AvgIpc) is 2.75. The molecule has 0 aliphatic heterocycles. The lowest BCUT2D eigenvalue weighted by Gasteiger charge is -2.15. The second-order valence-corrected chi connectivity index (χ2v) is 5.55. The van der Waals surface area contributed by atoms with E-state index in [4.69, 9.17) is 9.47 Å². The van der Waals surface area contributed by atoms with E-state index in [1.807, 2.05) is 6.07 Å². The third kappa shape index (κ3) is 3.75. The summed E-state index contributed by atoms with van der Waals surface area (Å²) in [5.74, 6) is 2.05. The Morgan fingerprint density at radius 2 is 1.80 bits per heavy atom. The molecule has 2 rings (SSSR count). The molecule has 1 aromatic rings. The smallest absolute Gasteiger partial charge is 0.167 e. The molecule has 0 amide bonds. The topological polar surface area (TPSA) is 35.5 Å². The number of methoxy groups -OCH3 is 2. The predicted molar refractivity (Wildman–Crippen MR) is 79.7 cm³/mol. The van der Waals surface area contributed by atoms with Gasteiger partial charge in [0.15, 0.2) is 5.78 Å². The molecule has 3 nitrogen and oxygen atoms in total. The molecule has 0 radical (unpaired) electrons. The van der Waals surface area contributed by atoms with Crippen LogP contribution >= 0.6 is 0 Å². The van der Waals surface area contributed by atoms with E-state index in [0.717, 1.165) is 0 Å². The molecule has 110 valence electrons. The molecule has 1 aliphatic rings. The zero-order valence-electron chi connectivity index (χ0n) is 12.5. The SMILES string of the molecule is COc1ccc(OC)c(C(=O)CC2CCCCCC2)c1. The average molecular weight is 276 g/mol. The van der Waals surface area contributed by atoms with Gasteiger partial charge < -0.3 is 9.47 Å². The molecule has 0 atom stereocenters. The highest BCUT2D eigenvalue weighted by molar-refractivity contribution is 5.99. The van der Waals surface area contributed by atoms with Crippen LogP contribution in [-0.2, 0) is 0 Å². The van der Waals surface area contributed by atoms with E-state index < -0.39 is 0 Å². The summed E-state index contributed by atoms with van der Waals surface area (Å²) in [4.78, 5) is 12.5. The van der Waals surface area contributed by atoms with E-state index in [1.54, 1.807) is 26.4 Å². The van der Waals surface area contributed by atoms with Gasteiger partial charge >= 0.3 is 0 Å². The highest BCUT2D eigenvalue weighted by atomic mass is 16.5. The van der Waals surface area contributed by atoms with Gasteiger partial charge in [-0.25, -0.2) is 0 Å². The minimum atomic E-state index is 0.174. The summed E-state index contributed by atoms with van der Waals surface area (Å²) >= 11 is 0. The Balaban J connectivity index is 2.10. The Kier molecular flexibility index (Phi) is 5.45. The molecule has 0 aromatic heterocycles. The Morgan fingerprint density at radius 3 is 2.40 bits per heavy atom. The van der Waals surface area contributed by atoms with Gasteiger partial charge in [-0.2, -0.15) is 0 Å². The minimum absolute atomic E-state index is 0.174. The van der Waals surface area contributed by atoms with Crippen molar-refractivity contribution in [1.82, 2.24) is 0 Å².